The Morgan fingerprint density at radius 2 is 1.00 bits per heavy atom. The molecule has 0 bridgehead atoms. The summed E-state index contributed by atoms with van der Waals surface area (Å²) in [7, 11) is -12.7. The average molecular weight is 554 g/mol. The van der Waals surface area contributed by atoms with Crippen molar-refractivity contribution >= 4 is 30.3 Å². The molecule has 3 aromatic carbocycles. The van der Waals surface area contributed by atoms with Gasteiger partial charge in [0.2, 0.25) is 10.0 Å². The van der Waals surface area contributed by atoms with Gasteiger partial charge in [-0.25, -0.2) is 13.1 Å². The molecule has 3 aromatic rings. The molecular formula is C24H27NO8S3. The summed E-state index contributed by atoms with van der Waals surface area (Å²) in [5.41, 5.74) is 2.52. The average Bonchev–Trinajstić information content (AvgIpc) is 2.82. The molecule has 0 aliphatic rings. The molecule has 3 rings (SSSR count). The molecule has 0 spiro atoms. The van der Waals surface area contributed by atoms with Crippen molar-refractivity contribution in [3.63, 3.8) is 0 Å². The highest BCUT2D eigenvalue weighted by molar-refractivity contribution is 7.89. The Labute approximate surface area is 212 Å². The molecule has 1 N–H and O–H groups in total. The summed E-state index contributed by atoms with van der Waals surface area (Å²) in [6.07, 6.45) is -1.49. The first-order valence-corrected chi connectivity index (χ1v) is 15.1. The maximum atomic E-state index is 12.8. The van der Waals surface area contributed by atoms with Gasteiger partial charge in [0, 0.05) is 6.54 Å². The fourth-order valence-electron chi connectivity index (χ4n) is 3.00. The Morgan fingerprint density at radius 3 is 1.44 bits per heavy atom. The third-order valence-electron chi connectivity index (χ3n) is 5.12. The van der Waals surface area contributed by atoms with Crippen LogP contribution in [0.5, 0.6) is 0 Å². The van der Waals surface area contributed by atoms with Crippen molar-refractivity contribution in [2.75, 3.05) is 13.2 Å². The highest BCUT2D eigenvalue weighted by atomic mass is 32.2. The van der Waals surface area contributed by atoms with Crippen LogP contribution in [0.25, 0.3) is 0 Å². The zero-order chi connectivity index (χ0) is 26.6. The van der Waals surface area contributed by atoms with Gasteiger partial charge in [-0.05, 0) is 57.2 Å². The van der Waals surface area contributed by atoms with Crippen LogP contribution in [0.15, 0.2) is 87.5 Å². The predicted molar refractivity (Wildman–Crippen MR) is 134 cm³/mol. The highest BCUT2D eigenvalue weighted by Gasteiger charge is 2.27. The third-order valence-corrected chi connectivity index (χ3v) is 9.23. The van der Waals surface area contributed by atoms with Gasteiger partial charge in [0.05, 0.1) is 21.3 Å². The van der Waals surface area contributed by atoms with Crippen LogP contribution in [-0.2, 0) is 38.6 Å². The van der Waals surface area contributed by atoms with Crippen LogP contribution in [0.3, 0.4) is 0 Å². The second-order valence-electron chi connectivity index (χ2n) is 8.20. The van der Waals surface area contributed by atoms with E-state index in [0.717, 1.165) is 16.7 Å². The van der Waals surface area contributed by atoms with Crippen LogP contribution >= 0.6 is 0 Å². The fourth-order valence-corrected chi connectivity index (χ4v) is 6.07. The zero-order valence-electron chi connectivity index (χ0n) is 19.9. The van der Waals surface area contributed by atoms with Crippen molar-refractivity contribution in [1.29, 1.82) is 0 Å². The molecule has 0 aliphatic heterocycles. The minimum Gasteiger partial charge on any atom is -0.264 e. The van der Waals surface area contributed by atoms with Crippen molar-refractivity contribution in [1.82, 2.24) is 4.72 Å². The van der Waals surface area contributed by atoms with Crippen LogP contribution in [0.1, 0.15) is 16.7 Å². The standard InChI is InChI=1S/C24H27NO8S3/c1-18-4-10-22(11-5-18)34(26,27)25-16-21(33-36(30,31)24-14-8-20(3)9-15-24)17-32-35(28,29)23-12-6-19(2)7-13-23/h4-15,21,25H,16-17H2,1-3H3. The lowest BCUT2D eigenvalue weighted by molar-refractivity contribution is 0.140. The first-order valence-electron chi connectivity index (χ1n) is 10.8. The summed E-state index contributed by atoms with van der Waals surface area (Å²) in [4.78, 5) is -0.337. The molecule has 0 aromatic heterocycles. The van der Waals surface area contributed by atoms with E-state index < -0.39 is 49.5 Å². The lowest BCUT2D eigenvalue weighted by Crippen LogP contribution is -2.38. The SMILES string of the molecule is Cc1ccc(S(=O)(=O)NCC(COS(=O)(=O)c2ccc(C)cc2)OS(=O)(=O)c2ccc(C)cc2)cc1. The van der Waals surface area contributed by atoms with Gasteiger partial charge < -0.3 is 0 Å². The van der Waals surface area contributed by atoms with Gasteiger partial charge in [-0.3, -0.25) is 8.37 Å². The molecule has 0 heterocycles. The second-order valence-corrected chi connectivity index (χ2v) is 13.2. The van der Waals surface area contributed by atoms with Crippen molar-refractivity contribution in [2.24, 2.45) is 0 Å². The van der Waals surface area contributed by atoms with E-state index >= 15 is 0 Å². The molecule has 0 saturated carbocycles. The maximum Gasteiger partial charge on any atom is 0.297 e. The molecular weight excluding hydrogens is 526 g/mol. The highest BCUT2D eigenvalue weighted by Crippen LogP contribution is 2.18. The summed E-state index contributed by atoms with van der Waals surface area (Å²) in [6, 6.07) is 17.7. The summed E-state index contributed by atoms with van der Waals surface area (Å²) in [5, 5.41) is 0. The monoisotopic (exact) mass is 553 g/mol. The van der Waals surface area contributed by atoms with Crippen LogP contribution in [0.2, 0.25) is 0 Å². The van der Waals surface area contributed by atoms with Crippen molar-refractivity contribution in [2.45, 2.75) is 41.6 Å². The van der Waals surface area contributed by atoms with E-state index in [1.54, 1.807) is 57.2 Å². The Bertz CT molecular complexity index is 1420. The van der Waals surface area contributed by atoms with E-state index in [1.807, 2.05) is 0 Å². The number of benzene rings is 3. The van der Waals surface area contributed by atoms with Crippen LogP contribution in [0, 0.1) is 20.8 Å². The normalized spacial score (nSPS) is 13.4. The summed E-state index contributed by atoms with van der Waals surface area (Å²) in [6.45, 7) is 4.05. The van der Waals surface area contributed by atoms with E-state index in [1.165, 1.54) is 36.4 Å². The van der Waals surface area contributed by atoms with E-state index in [9.17, 15) is 25.3 Å². The molecule has 1 atom stereocenters. The van der Waals surface area contributed by atoms with Crippen LogP contribution in [0.4, 0.5) is 0 Å². The molecule has 1 unspecified atom stereocenters. The van der Waals surface area contributed by atoms with Crippen molar-refractivity contribution in [3.8, 4) is 0 Å². The molecule has 0 aliphatic carbocycles. The third kappa shape index (κ3) is 7.45. The van der Waals surface area contributed by atoms with Gasteiger partial charge in [-0.2, -0.15) is 16.8 Å². The van der Waals surface area contributed by atoms with Crippen molar-refractivity contribution < 1.29 is 33.6 Å². The smallest absolute Gasteiger partial charge is 0.264 e. The number of aryl methyl sites for hydroxylation is 3. The number of sulfonamides is 1. The molecule has 0 saturated heterocycles. The summed E-state index contributed by atoms with van der Waals surface area (Å²) >= 11 is 0. The number of hydrogen-bond acceptors (Lipinski definition) is 8. The first-order chi connectivity index (χ1) is 16.8. The lowest BCUT2D eigenvalue weighted by atomic mass is 10.2. The topological polar surface area (TPSA) is 133 Å². The van der Waals surface area contributed by atoms with E-state index in [0.29, 0.717) is 0 Å². The molecule has 12 heteroatoms. The molecule has 9 nitrogen and oxygen atoms in total. The quantitative estimate of drug-likeness (QED) is 0.358. The van der Waals surface area contributed by atoms with Gasteiger partial charge in [0.25, 0.3) is 20.2 Å². The molecule has 194 valence electrons. The van der Waals surface area contributed by atoms with Crippen molar-refractivity contribution in [3.05, 3.63) is 89.5 Å². The largest absolute Gasteiger partial charge is 0.297 e. The Kier molecular flexibility index (Phi) is 8.70. The van der Waals surface area contributed by atoms with E-state index in [-0.39, 0.29) is 14.7 Å². The van der Waals surface area contributed by atoms with Gasteiger partial charge in [-0.15, -0.1) is 0 Å². The summed E-state index contributed by atoms with van der Waals surface area (Å²) in [5.74, 6) is 0. The molecule has 0 radical (unpaired) electrons. The molecule has 0 fully saturated rings. The van der Waals surface area contributed by atoms with E-state index in [4.69, 9.17) is 8.37 Å². The number of nitrogens with one attached hydrogen (secondary N) is 1. The molecule has 36 heavy (non-hydrogen) atoms. The Balaban J connectivity index is 1.82. The summed E-state index contributed by atoms with van der Waals surface area (Å²) < 4.78 is 88.8. The fraction of sp³-hybridized carbons (Fsp3) is 0.250. The van der Waals surface area contributed by atoms with Gasteiger partial charge in [0.1, 0.15) is 6.10 Å². The second kappa shape index (κ2) is 11.2. The minimum absolute atomic E-state index is 0.0403. The minimum atomic E-state index is -4.36. The van der Waals surface area contributed by atoms with E-state index in [2.05, 4.69) is 4.72 Å². The maximum absolute atomic E-state index is 12.8. The van der Waals surface area contributed by atoms with Gasteiger partial charge in [0.15, 0.2) is 0 Å². The first kappa shape index (κ1) is 28.0. The number of rotatable bonds is 11. The van der Waals surface area contributed by atoms with Crippen LogP contribution in [-0.4, -0.2) is 44.5 Å². The predicted octanol–water partition coefficient (Wildman–Crippen LogP) is 3.07. The zero-order valence-corrected chi connectivity index (χ0v) is 22.4. The van der Waals surface area contributed by atoms with Gasteiger partial charge >= 0.3 is 0 Å². The molecule has 0 amide bonds. The lowest BCUT2D eigenvalue weighted by Gasteiger charge is -2.18. The van der Waals surface area contributed by atoms with Crippen LogP contribution < -0.4 is 4.72 Å². The Morgan fingerprint density at radius 1 is 0.611 bits per heavy atom. The Hall–Kier alpha value is -2.61. The van der Waals surface area contributed by atoms with Gasteiger partial charge in [-0.1, -0.05) is 53.1 Å². The number of hydrogen-bond donors (Lipinski definition) is 1.